The van der Waals surface area contributed by atoms with Crippen LogP contribution in [0.4, 0.5) is 0 Å². The molecule has 0 heterocycles. The molecule has 1 aromatic carbocycles. The van der Waals surface area contributed by atoms with Crippen LogP contribution in [0, 0.1) is 5.41 Å². The molecule has 0 N–H and O–H groups in total. The molecule has 0 aliphatic rings. The SMILES string of the molecule is CCC(C)(C)C(=O)Oc1ccc(OC(C)(C)C)cc1. The molecule has 0 radical (unpaired) electrons. The van der Waals surface area contributed by atoms with Gasteiger partial charge in [-0.2, -0.15) is 0 Å². The van der Waals surface area contributed by atoms with Crippen LogP contribution in [0.5, 0.6) is 11.5 Å². The summed E-state index contributed by atoms with van der Waals surface area (Å²) < 4.78 is 11.1. The monoisotopic (exact) mass is 264 g/mol. The predicted octanol–water partition coefficient (Wildman–Crippen LogP) is 4.21. The molecule has 3 heteroatoms. The maximum Gasteiger partial charge on any atom is 0.316 e. The van der Waals surface area contributed by atoms with E-state index in [1.807, 2.05) is 53.7 Å². The minimum Gasteiger partial charge on any atom is -0.488 e. The Hall–Kier alpha value is -1.51. The van der Waals surface area contributed by atoms with Crippen LogP contribution >= 0.6 is 0 Å². The lowest BCUT2D eigenvalue weighted by molar-refractivity contribution is -0.144. The molecule has 0 aliphatic heterocycles. The van der Waals surface area contributed by atoms with Crippen LogP contribution in [0.3, 0.4) is 0 Å². The van der Waals surface area contributed by atoms with Crippen molar-refractivity contribution in [1.29, 1.82) is 0 Å². The van der Waals surface area contributed by atoms with Crippen LogP contribution in [-0.4, -0.2) is 11.6 Å². The van der Waals surface area contributed by atoms with Crippen molar-refractivity contribution in [3.8, 4) is 11.5 Å². The minimum atomic E-state index is -0.458. The van der Waals surface area contributed by atoms with E-state index in [0.29, 0.717) is 5.75 Å². The fourth-order valence-corrected chi connectivity index (χ4v) is 1.32. The highest BCUT2D eigenvalue weighted by molar-refractivity contribution is 5.78. The lowest BCUT2D eigenvalue weighted by atomic mass is 9.91. The van der Waals surface area contributed by atoms with Crippen molar-refractivity contribution in [2.75, 3.05) is 0 Å². The molecule has 0 fully saturated rings. The van der Waals surface area contributed by atoms with Crippen molar-refractivity contribution >= 4 is 5.97 Å². The molecule has 0 atom stereocenters. The molecule has 0 aromatic heterocycles. The van der Waals surface area contributed by atoms with Gasteiger partial charge in [-0.1, -0.05) is 6.92 Å². The molecular weight excluding hydrogens is 240 g/mol. The highest BCUT2D eigenvalue weighted by atomic mass is 16.5. The zero-order chi connectivity index (χ0) is 14.7. The summed E-state index contributed by atoms with van der Waals surface area (Å²) in [7, 11) is 0. The fraction of sp³-hybridized carbons (Fsp3) is 0.562. The van der Waals surface area contributed by atoms with Crippen molar-refractivity contribution in [2.24, 2.45) is 5.41 Å². The smallest absolute Gasteiger partial charge is 0.316 e. The Morgan fingerprint density at radius 1 is 1.00 bits per heavy atom. The van der Waals surface area contributed by atoms with Crippen LogP contribution in [0.2, 0.25) is 0 Å². The summed E-state index contributed by atoms with van der Waals surface area (Å²) in [6, 6.07) is 7.13. The summed E-state index contributed by atoms with van der Waals surface area (Å²) >= 11 is 0. The van der Waals surface area contributed by atoms with E-state index < -0.39 is 5.41 Å². The third-order valence-electron chi connectivity index (χ3n) is 2.89. The van der Waals surface area contributed by atoms with Crippen molar-refractivity contribution < 1.29 is 14.3 Å². The first-order valence-electron chi connectivity index (χ1n) is 6.65. The number of hydrogen-bond donors (Lipinski definition) is 0. The Balaban J connectivity index is 2.70. The molecule has 106 valence electrons. The zero-order valence-electron chi connectivity index (χ0n) is 12.7. The largest absolute Gasteiger partial charge is 0.488 e. The molecule has 3 nitrogen and oxygen atoms in total. The van der Waals surface area contributed by atoms with Gasteiger partial charge in [-0.3, -0.25) is 4.79 Å². The second-order valence-electron chi connectivity index (χ2n) is 6.31. The van der Waals surface area contributed by atoms with E-state index in [-0.39, 0.29) is 11.6 Å². The third-order valence-corrected chi connectivity index (χ3v) is 2.89. The van der Waals surface area contributed by atoms with E-state index in [4.69, 9.17) is 9.47 Å². The summed E-state index contributed by atoms with van der Waals surface area (Å²) in [4.78, 5) is 11.9. The lowest BCUT2D eigenvalue weighted by Crippen LogP contribution is -2.28. The first-order valence-corrected chi connectivity index (χ1v) is 6.65. The number of carbonyl (C=O) groups is 1. The van der Waals surface area contributed by atoms with E-state index >= 15 is 0 Å². The van der Waals surface area contributed by atoms with Crippen LogP contribution in [-0.2, 0) is 4.79 Å². The van der Waals surface area contributed by atoms with E-state index in [1.54, 1.807) is 12.1 Å². The summed E-state index contributed by atoms with van der Waals surface area (Å²) in [5, 5.41) is 0. The first kappa shape index (κ1) is 15.5. The van der Waals surface area contributed by atoms with Gasteiger partial charge in [-0.25, -0.2) is 0 Å². The maximum absolute atomic E-state index is 11.9. The topological polar surface area (TPSA) is 35.5 Å². The van der Waals surface area contributed by atoms with E-state index in [0.717, 1.165) is 12.2 Å². The summed E-state index contributed by atoms with van der Waals surface area (Å²) in [5.74, 6) is 1.11. The molecular formula is C16H24O3. The van der Waals surface area contributed by atoms with E-state index in [1.165, 1.54) is 0 Å². The minimum absolute atomic E-state index is 0.209. The standard InChI is InChI=1S/C16H24O3/c1-7-16(5,6)14(17)18-12-8-10-13(11-9-12)19-15(2,3)4/h8-11H,7H2,1-6H3. The first-order chi connectivity index (χ1) is 8.64. The van der Waals surface area contributed by atoms with Crippen LogP contribution in [0.25, 0.3) is 0 Å². The van der Waals surface area contributed by atoms with E-state index in [2.05, 4.69) is 0 Å². The summed E-state index contributed by atoms with van der Waals surface area (Å²) in [6.45, 7) is 11.7. The number of ether oxygens (including phenoxy) is 2. The molecule has 0 unspecified atom stereocenters. The quantitative estimate of drug-likeness (QED) is 0.603. The normalized spacial score (nSPS) is 12.1. The van der Waals surface area contributed by atoms with Crippen molar-refractivity contribution in [1.82, 2.24) is 0 Å². The van der Waals surface area contributed by atoms with Crippen LogP contribution in [0.1, 0.15) is 48.0 Å². The Bertz CT molecular complexity index is 424. The van der Waals surface area contributed by atoms with Gasteiger partial charge >= 0.3 is 5.97 Å². The molecule has 0 saturated carbocycles. The summed E-state index contributed by atoms with van der Waals surface area (Å²) in [5.41, 5.74) is -0.691. The number of carbonyl (C=O) groups excluding carboxylic acids is 1. The van der Waals surface area contributed by atoms with Gasteiger partial charge in [0.15, 0.2) is 0 Å². The molecule has 1 aromatic rings. The van der Waals surface area contributed by atoms with Crippen molar-refractivity contribution in [3.05, 3.63) is 24.3 Å². The predicted molar refractivity (Wildman–Crippen MR) is 76.5 cm³/mol. The van der Waals surface area contributed by atoms with E-state index in [9.17, 15) is 4.79 Å². The number of hydrogen-bond acceptors (Lipinski definition) is 3. The third kappa shape index (κ3) is 4.93. The number of esters is 1. The lowest BCUT2D eigenvalue weighted by Gasteiger charge is -2.22. The molecule has 0 saturated heterocycles. The average molecular weight is 264 g/mol. The second-order valence-corrected chi connectivity index (χ2v) is 6.31. The highest BCUT2D eigenvalue weighted by Crippen LogP contribution is 2.25. The molecule has 0 aliphatic carbocycles. The number of rotatable bonds is 4. The number of benzene rings is 1. The molecule has 0 bridgehead atoms. The highest BCUT2D eigenvalue weighted by Gasteiger charge is 2.27. The van der Waals surface area contributed by atoms with Crippen molar-refractivity contribution in [3.63, 3.8) is 0 Å². The van der Waals surface area contributed by atoms with Gasteiger partial charge in [0.1, 0.15) is 17.1 Å². The Morgan fingerprint density at radius 2 is 1.47 bits per heavy atom. The Morgan fingerprint density at radius 3 is 1.89 bits per heavy atom. The molecule has 19 heavy (non-hydrogen) atoms. The Kier molecular flexibility index (Phi) is 4.61. The maximum atomic E-state index is 11.9. The second kappa shape index (κ2) is 5.64. The van der Waals surface area contributed by atoms with Gasteiger partial charge in [0, 0.05) is 0 Å². The Labute approximate surface area is 115 Å². The molecule has 0 spiro atoms. The van der Waals surface area contributed by atoms with Gasteiger partial charge in [-0.05, 0) is 65.3 Å². The van der Waals surface area contributed by atoms with Crippen LogP contribution in [0.15, 0.2) is 24.3 Å². The van der Waals surface area contributed by atoms with Crippen molar-refractivity contribution in [2.45, 2.75) is 53.6 Å². The fourth-order valence-electron chi connectivity index (χ4n) is 1.32. The van der Waals surface area contributed by atoms with Gasteiger partial charge in [0.05, 0.1) is 5.41 Å². The average Bonchev–Trinajstić information content (AvgIpc) is 2.29. The van der Waals surface area contributed by atoms with Gasteiger partial charge < -0.3 is 9.47 Å². The summed E-state index contributed by atoms with van der Waals surface area (Å²) in [6.07, 6.45) is 0.747. The van der Waals surface area contributed by atoms with Gasteiger partial charge in [-0.15, -0.1) is 0 Å². The van der Waals surface area contributed by atoms with Gasteiger partial charge in [0.2, 0.25) is 0 Å². The zero-order valence-corrected chi connectivity index (χ0v) is 12.7. The molecule has 1 rings (SSSR count). The van der Waals surface area contributed by atoms with Gasteiger partial charge in [0.25, 0.3) is 0 Å². The molecule has 0 amide bonds. The van der Waals surface area contributed by atoms with Crippen LogP contribution < -0.4 is 9.47 Å².